The first-order valence-electron chi connectivity index (χ1n) is 4.73. The molecule has 92 valence electrons. The van der Waals surface area contributed by atoms with Gasteiger partial charge in [0, 0.05) is 6.07 Å². The second-order valence-electron chi connectivity index (χ2n) is 3.17. The molecule has 0 aliphatic rings. The van der Waals surface area contributed by atoms with E-state index in [0.29, 0.717) is 5.82 Å². The van der Waals surface area contributed by atoms with Gasteiger partial charge in [-0.1, -0.05) is 5.21 Å². The highest BCUT2D eigenvalue weighted by Gasteiger charge is 2.12. The van der Waals surface area contributed by atoms with E-state index in [2.05, 4.69) is 20.0 Å². The van der Waals surface area contributed by atoms with Crippen LogP contribution in [0, 0.1) is 10.1 Å². The van der Waals surface area contributed by atoms with E-state index in [1.807, 2.05) is 0 Å². The average molecular weight is 249 g/mol. The monoisotopic (exact) mass is 249 g/mol. The lowest BCUT2D eigenvalue weighted by Crippen LogP contribution is -2.01. The zero-order valence-electron chi connectivity index (χ0n) is 9.18. The molecule has 0 saturated heterocycles. The molecule has 0 amide bonds. The predicted molar refractivity (Wildman–Crippen MR) is 57.1 cm³/mol. The van der Waals surface area contributed by atoms with Crippen molar-refractivity contribution in [1.82, 2.24) is 20.0 Å². The van der Waals surface area contributed by atoms with Gasteiger partial charge in [0.05, 0.1) is 18.2 Å². The van der Waals surface area contributed by atoms with Crippen molar-refractivity contribution in [2.45, 2.75) is 0 Å². The van der Waals surface area contributed by atoms with E-state index in [-0.39, 0.29) is 11.4 Å². The van der Waals surface area contributed by atoms with E-state index in [1.165, 1.54) is 30.1 Å². The maximum absolute atomic E-state index is 11.2. The Morgan fingerprint density at radius 1 is 1.50 bits per heavy atom. The minimum absolute atomic E-state index is 0.0256. The number of nitrogens with zero attached hydrogens (tertiary/aromatic N) is 5. The summed E-state index contributed by atoms with van der Waals surface area (Å²) in [7, 11) is 1.23. The molecule has 2 heterocycles. The molecule has 0 saturated carbocycles. The summed E-state index contributed by atoms with van der Waals surface area (Å²) < 4.78 is 5.69. The maximum Gasteiger partial charge on any atom is 0.360 e. The molecule has 0 aromatic carbocycles. The number of aromatic nitrogens is 4. The highest BCUT2D eigenvalue weighted by molar-refractivity contribution is 5.86. The molecule has 0 fully saturated rings. The second-order valence-corrected chi connectivity index (χ2v) is 3.17. The van der Waals surface area contributed by atoms with Crippen LogP contribution in [0.25, 0.3) is 5.82 Å². The third-order valence-corrected chi connectivity index (χ3v) is 2.07. The number of nitro groups is 1. The molecule has 0 spiro atoms. The molecule has 0 bridgehead atoms. The first kappa shape index (κ1) is 11.6. The van der Waals surface area contributed by atoms with Crippen LogP contribution >= 0.6 is 0 Å². The fourth-order valence-corrected chi connectivity index (χ4v) is 1.20. The molecular weight excluding hydrogens is 242 g/mol. The first-order chi connectivity index (χ1) is 8.61. The minimum Gasteiger partial charge on any atom is -0.464 e. The van der Waals surface area contributed by atoms with Gasteiger partial charge in [-0.15, -0.1) is 5.10 Å². The molecule has 2 aromatic heterocycles. The smallest absolute Gasteiger partial charge is 0.360 e. The predicted octanol–water partition coefficient (Wildman–Crippen LogP) is 0.357. The van der Waals surface area contributed by atoms with Crippen LogP contribution in [0.5, 0.6) is 0 Å². The molecule has 0 radical (unpaired) electrons. The molecule has 2 aromatic rings. The topological polar surface area (TPSA) is 113 Å². The molecule has 0 aliphatic heterocycles. The summed E-state index contributed by atoms with van der Waals surface area (Å²) >= 11 is 0. The second kappa shape index (κ2) is 4.57. The summed E-state index contributed by atoms with van der Waals surface area (Å²) in [5.74, 6) is -0.314. The molecule has 9 heteroatoms. The minimum atomic E-state index is -0.622. The van der Waals surface area contributed by atoms with Gasteiger partial charge in [0.15, 0.2) is 11.5 Å². The zero-order chi connectivity index (χ0) is 13.1. The number of esters is 1. The summed E-state index contributed by atoms with van der Waals surface area (Å²) in [5, 5.41) is 17.7. The molecule has 9 nitrogen and oxygen atoms in total. The van der Waals surface area contributed by atoms with Gasteiger partial charge in [-0.2, -0.15) is 0 Å². The summed E-state index contributed by atoms with van der Waals surface area (Å²) in [6.07, 6.45) is 2.41. The highest BCUT2D eigenvalue weighted by atomic mass is 16.6. The normalized spacial score (nSPS) is 10.1. The van der Waals surface area contributed by atoms with Crippen LogP contribution in [0.2, 0.25) is 0 Å². The van der Waals surface area contributed by atoms with Gasteiger partial charge in [0.2, 0.25) is 0 Å². The van der Waals surface area contributed by atoms with Crippen molar-refractivity contribution in [2.24, 2.45) is 0 Å². The average Bonchev–Trinajstić information content (AvgIpc) is 2.87. The van der Waals surface area contributed by atoms with Crippen LogP contribution in [0.15, 0.2) is 24.5 Å². The number of pyridine rings is 1. The quantitative estimate of drug-likeness (QED) is 0.438. The van der Waals surface area contributed by atoms with Crippen LogP contribution in [0.3, 0.4) is 0 Å². The fourth-order valence-electron chi connectivity index (χ4n) is 1.20. The van der Waals surface area contributed by atoms with Crippen molar-refractivity contribution in [3.8, 4) is 5.82 Å². The number of hydrogen-bond acceptors (Lipinski definition) is 7. The number of carbonyl (C=O) groups is 1. The van der Waals surface area contributed by atoms with Crippen molar-refractivity contribution in [3.63, 3.8) is 0 Å². The number of ether oxygens (including phenoxy) is 1. The van der Waals surface area contributed by atoms with Crippen LogP contribution in [-0.4, -0.2) is 38.0 Å². The Kier molecular flexibility index (Phi) is 2.96. The van der Waals surface area contributed by atoms with E-state index in [1.54, 1.807) is 0 Å². The van der Waals surface area contributed by atoms with E-state index >= 15 is 0 Å². The lowest BCUT2D eigenvalue weighted by atomic mass is 10.4. The fraction of sp³-hybridized carbons (Fsp3) is 0.111. The molecule has 0 atom stereocenters. The zero-order valence-corrected chi connectivity index (χ0v) is 9.18. The van der Waals surface area contributed by atoms with Gasteiger partial charge in [-0.3, -0.25) is 10.1 Å². The molecule has 0 N–H and O–H groups in total. The number of methoxy groups -OCH3 is 1. The molecule has 0 aliphatic carbocycles. The SMILES string of the molecule is COC(=O)c1cn(-c2ccc([N+](=O)[O-])cn2)nn1. The summed E-state index contributed by atoms with van der Waals surface area (Å²) in [5.41, 5.74) is -0.107. The van der Waals surface area contributed by atoms with Crippen molar-refractivity contribution >= 4 is 11.7 Å². The summed E-state index contributed by atoms with van der Waals surface area (Å²) in [6.45, 7) is 0. The van der Waals surface area contributed by atoms with Crippen molar-refractivity contribution in [1.29, 1.82) is 0 Å². The lowest BCUT2D eigenvalue weighted by molar-refractivity contribution is -0.385. The Bertz CT molecular complexity index is 591. The Labute approximate surface area is 100 Å². The van der Waals surface area contributed by atoms with Crippen molar-refractivity contribution < 1.29 is 14.5 Å². The van der Waals surface area contributed by atoms with Gasteiger partial charge >= 0.3 is 5.97 Å². The molecular formula is C9H7N5O4. The van der Waals surface area contributed by atoms with E-state index in [9.17, 15) is 14.9 Å². The lowest BCUT2D eigenvalue weighted by Gasteiger charge is -1.97. The summed E-state index contributed by atoms with van der Waals surface area (Å²) in [6, 6.07) is 2.68. The Morgan fingerprint density at radius 2 is 2.28 bits per heavy atom. The number of hydrogen-bond donors (Lipinski definition) is 0. The molecule has 0 unspecified atom stereocenters. The Balaban J connectivity index is 2.29. The number of carbonyl (C=O) groups excluding carboxylic acids is 1. The van der Waals surface area contributed by atoms with Gasteiger partial charge in [0.1, 0.15) is 6.20 Å². The van der Waals surface area contributed by atoms with E-state index in [0.717, 1.165) is 6.20 Å². The van der Waals surface area contributed by atoms with Gasteiger partial charge in [-0.05, 0) is 6.07 Å². The van der Waals surface area contributed by atoms with Crippen LogP contribution in [-0.2, 0) is 4.74 Å². The van der Waals surface area contributed by atoms with Crippen LogP contribution in [0.4, 0.5) is 5.69 Å². The molecule has 18 heavy (non-hydrogen) atoms. The van der Waals surface area contributed by atoms with Gasteiger partial charge < -0.3 is 4.74 Å². The van der Waals surface area contributed by atoms with Gasteiger partial charge in [0.25, 0.3) is 5.69 Å². The van der Waals surface area contributed by atoms with Crippen LogP contribution < -0.4 is 0 Å². The highest BCUT2D eigenvalue weighted by Crippen LogP contribution is 2.11. The van der Waals surface area contributed by atoms with Crippen LogP contribution in [0.1, 0.15) is 10.5 Å². The maximum atomic E-state index is 11.2. The third-order valence-electron chi connectivity index (χ3n) is 2.07. The third kappa shape index (κ3) is 2.14. The van der Waals surface area contributed by atoms with Crippen molar-refractivity contribution in [2.75, 3.05) is 7.11 Å². The Hall–Kier alpha value is -2.84. The number of rotatable bonds is 3. The van der Waals surface area contributed by atoms with E-state index in [4.69, 9.17) is 0 Å². The largest absolute Gasteiger partial charge is 0.464 e. The molecule has 2 rings (SSSR count). The standard InChI is InChI=1S/C9H7N5O4/c1-18-9(15)7-5-13(12-11-7)8-3-2-6(4-10-8)14(16)17/h2-5H,1H3. The summed E-state index contributed by atoms with van der Waals surface area (Å²) in [4.78, 5) is 24.9. The van der Waals surface area contributed by atoms with Crippen molar-refractivity contribution in [3.05, 3.63) is 40.3 Å². The Morgan fingerprint density at radius 3 is 2.83 bits per heavy atom. The first-order valence-corrected chi connectivity index (χ1v) is 4.73. The van der Waals surface area contributed by atoms with Gasteiger partial charge in [-0.25, -0.2) is 14.5 Å². The van der Waals surface area contributed by atoms with E-state index < -0.39 is 10.9 Å².